The van der Waals surface area contributed by atoms with E-state index in [-0.39, 0.29) is 36.2 Å². The summed E-state index contributed by atoms with van der Waals surface area (Å²) >= 11 is 0. The summed E-state index contributed by atoms with van der Waals surface area (Å²) in [7, 11) is -4.51. The van der Waals surface area contributed by atoms with E-state index >= 15 is 0 Å². The van der Waals surface area contributed by atoms with E-state index in [0.717, 1.165) is 30.6 Å². The Labute approximate surface area is 172 Å². The molecule has 0 aromatic carbocycles. The van der Waals surface area contributed by atoms with Gasteiger partial charge in [0.2, 0.25) is 10.4 Å². The molecule has 0 aromatic rings. The summed E-state index contributed by atoms with van der Waals surface area (Å²) in [5.74, 6) is 2.38. The van der Waals surface area contributed by atoms with Crippen molar-refractivity contribution in [1.82, 2.24) is 0 Å². The topological polar surface area (TPSA) is 66.4 Å². The molecule has 0 heterocycles. The molecule has 0 N–H and O–H groups in total. The van der Waals surface area contributed by atoms with Gasteiger partial charge in [-0.3, -0.25) is 4.18 Å². The molecule has 0 amide bonds. The van der Waals surface area contributed by atoms with Crippen molar-refractivity contribution in [1.29, 1.82) is 0 Å². The molecule has 0 saturated carbocycles. The van der Waals surface area contributed by atoms with Gasteiger partial charge in [-0.25, -0.2) is 8.42 Å². The Morgan fingerprint density at radius 2 is 1.21 bits per heavy atom. The first-order valence-corrected chi connectivity index (χ1v) is 10.6. The summed E-state index contributed by atoms with van der Waals surface area (Å²) in [5.41, 5.74) is 0. The maximum absolute atomic E-state index is 10.3. The van der Waals surface area contributed by atoms with Gasteiger partial charge in [0.15, 0.2) is 0 Å². The molecule has 0 aliphatic carbocycles. The van der Waals surface area contributed by atoms with Crippen molar-refractivity contribution in [2.45, 2.75) is 91.9 Å². The average molecular weight is 373 g/mol. The molecule has 6 heteroatoms. The molecule has 0 rings (SSSR count). The zero-order chi connectivity index (χ0) is 17.7. The predicted octanol–water partition coefficient (Wildman–Crippen LogP) is 2.30. The Kier molecular flexibility index (Phi) is 18.1. The Balaban J connectivity index is 0. The van der Waals surface area contributed by atoms with E-state index in [4.69, 9.17) is 0 Å². The summed E-state index contributed by atoms with van der Waals surface area (Å²) in [5, 5.41) is 0. The van der Waals surface area contributed by atoms with Gasteiger partial charge in [0.05, 0.1) is 6.61 Å². The monoisotopic (exact) mass is 372 g/mol. The molecule has 4 nitrogen and oxygen atoms in total. The van der Waals surface area contributed by atoms with Crippen LogP contribution in [0.15, 0.2) is 0 Å². The van der Waals surface area contributed by atoms with Crippen molar-refractivity contribution < 1.29 is 46.7 Å². The van der Waals surface area contributed by atoms with Crippen LogP contribution in [0, 0.1) is 17.8 Å². The number of hydrogen-bond acceptors (Lipinski definition) is 4. The molecule has 24 heavy (non-hydrogen) atoms. The minimum absolute atomic E-state index is 0. The van der Waals surface area contributed by atoms with Gasteiger partial charge in [-0.05, 0) is 24.2 Å². The van der Waals surface area contributed by atoms with Gasteiger partial charge in [-0.1, -0.05) is 85.5 Å². The van der Waals surface area contributed by atoms with Crippen molar-refractivity contribution in [3.05, 3.63) is 0 Å². The van der Waals surface area contributed by atoms with Crippen molar-refractivity contribution in [3.63, 3.8) is 0 Å². The summed E-state index contributed by atoms with van der Waals surface area (Å²) in [6, 6.07) is 0. The standard InChI is InChI=1S/C18H38O4S.Na/c1-16(2)10-8-12-18(4)14-9-13-17(3)11-6-5-7-15-22-23(19,20)21;/h16-18H,5-15H2,1-4H3,(H,19,20,21);/q;+1/p-1. The fraction of sp³-hybridized carbons (Fsp3) is 1.00. The van der Waals surface area contributed by atoms with Gasteiger partial charge in [-0.15, -0.1) is 0 Å². The van der Waals surface area contributed by atoms with Crippen LogP contribution in [0.3, 0.4) is 0 Å². The van der Waals surface area contributed by atoms with Crippen molar-refractivity contribution in [3.8, 4) is 0 Å². The van der Waals surface area contributed by atoms with Crippen LogP contribution in [0.4, 0.5) is 0 Å². The molecule has 0 aliphatic heterocycles. The Hall–Kier alpha value is 0.870. The summed E-state index contributed by atoms with van der Waals surface area (Å²) in [6.07, 6.45) is 11.8. The third-order valence-corrected chi connectivity index (χ3v) is 4.90. The van der Waals surface area contributed by atoms with Crippen molar-refractivity contribution in [2.24, 2.45) is 17.8 Å². The first-order valence-electron chi connectivity index (χ1n) is 9.31. The van der Waals surface area contributed by atoms with Crippen LogP contribution in [0.25, 0.3) is 0 Å². The van der Waals surface area contributed by atoms with Gasteiger partial charge in [0.25, 0.3) is 0 Å². The third kappa shape index (κ3) is 20.9. The maximum Gasteiger partial charge on any atom is 1.00 e. The third-order valence-electron chi connectivity index (χ3n) is 4.44. The van der Waals surface area contributed by atoms with Crippen molar-refractivity contribution >= 4 is 10.4 Å². The summed E-state index contributed by atoms with van der Waals surface area (Å²) < 4.78 is 35.0. The first-order chi connectivity index (χ1) is 10.7. The molecule has 0 fully saturated rings. The molecular weight excluding hydrogens is 335 g/mol. The van der Waals surface area contributed by atoms with Crippen LogP contribution in [0.1, 0.15) is 91.9 Å². The summed E-state index contributed by atoms with van der Waals surface area (Å²) in [4.78, 5) is 0. The normalized spacial score (nSPS) is 14.4. The van der Waals surface area contributed by atoms with E-state index in [2.05, 4.69) is 31.9 Å². The van der Waals surface area contributed by atoms with Crippen LogP contribution >= 0.6 is 0 Å². The molecule has 0 aliphatic rings. The fourth-order valence-electron chi connectivity index (χ4n) is 2.91. The first kappa shape index (κ1) is 27.1. The van der Waals surface area contributed by atoms with Crippen LogP contribution < -0.4 is 29.6 Å². The molecule has 0 aromatic heterocycles. The minimum atomic E-state index is -4.51. The molecule has 2 unspecified atom stereocenters. The van der Waals surface area contributed by atoms with E-state index in [1.807, 2.05) is 0 Å². The largest absolute Gasteiger partial charge is 1.00 e. The SMILES string of the molecule is CC(C)CCCC(C)CCCC(C)CCCCCOS(=O)(=O)[O-].[Na+]. The molecule has 0 radical (unpaired) electrons. The minimum Gasteiger partial charge on any atom is -0.726 e. The van der Waals surface area contributed by atoms with Crippen LogP contribution in [-0.2, 0) is 14.6 Å². The zero-order valence-electron chi connectivity index (χ0n) is 16.6. The van der Waals surface area contributed by atoms with Gasteiger partial charge in [0, 0.05) is 0 Å². The molecule has 2 atom stereocenters. The smallest absolute Gasteiger partial charge is 0.726 e. The Bertz CT molecular complexity index is 371. The number of unbranched alkanes of at least 4 members (excludes halogenated alkanes) is 2. The van der Waals surface area contributed by atoms with Gasteiger partial charge >= 0.3 is 29.6 Å². The summed E-state index contributed by atoms with van der Waals surface area (Å²) in [6.45, 7) is 9.27. The Morgan fingerprint density at radius 3 is 1.67 bits per heavy atom. The number of rotatable bonds is 15. The number of hydrogen-bond donors (Lipinski definition) is 0. The van der Waals surface area contributed by atoms with E-state index < -0.39 is 10.4 Å². The van der Waals surface area contributed by atoms with E-state index in [1.165, 1.54) is 44.9 Å². The fourth-order valence-corrected chi connectivity index (χ4v) is 3.23. The average Bonchev–Trinajstić information content (AvgIpc) is 2.41. The predicted molar refractivity (Wildman–Crippen MR) is 95.0 cm³/mol. The maximum atomic E-state index is 10.3. The zero-order valence-corrected chi connectivity index (χ0v) is 19.4. The Morgan fingerprint density at radius 1 is 0.750 bits per heavy atom. The van der Waals surface area contributed by atoms with Crippen LogP contribution in [-0.4, -0.2) is 19.6 Å². The second kappa shape index (κ2) is 16.1. The van der Waals surface area contributed by atoms with Crippen LogP contribution in [0.2, 0.25) is 0 Å². The van der Waals surface area contributed by atoms with Gasteiger partial charge < -0.3 is 4.55 Å². The molecule has 0 bridgehead atoms. The molecular formula is C18H37NaO4S. The second-order valence-electron chi connectivity index (χ2n) is 7.55. The molecule has 140 valence electrons. The van der Waals surface area contributed by atoms with Crippen LogP contribution in [0.5, 0.6) is 0 Å². The van der Waals surface area contributed by atoms with Gasteiger partial charge in [0.1, 0.15) is 0 Å². The van der Waals surface area contributed by atoms with Gasteiger partial charge in [-0.2, -0.15) is 0 Å². The van der Waals surface area contributed by atoms with E-state index in [9.17, 15) is 13.0 Å². The van der Waals surface area contributed by atoms with Crippen molar-refractivity contribution in [2.75, 3.05) is 6.61 Å². The van der Waals surface area contributed by atoms with E-state index in [1.54, 1.807) is 0 Å². The molecule has 0 spiro atoms. The quantitative estimate of drug-likeness (QED) is 0.191. The van der Waals surface area contributed by atoms with E-state index in [0.29, 0.717) is 6.42 Å². The molecule has 0 saturated heterocycles. The second-order valence-corrected chi connectivity index (χ2v) is 8.60.